The van der Waals surface area contributed by atoms with Gasteiger partial charge in [0.15, 0.2) is 11.4 Å². The van der Waals surface area contributed by atoms with Crippen LogP contribution in [0.5, 0.6) is 5.75 Å². The number of tetrazole rings is 1. The molecule has 1 aromatic carbocycles. The van der Waals surface area contributed by atoms with E-state index in [0.29, 0.717) is 25.3 Å². The summed E-state index contributed by atoms with van der Waals surface area (Å²) in [7, 11) is 0. The average molecular weight is 290 g/mol. The first-order valence-electron chi connectivity index (χ1n) is 6.77. The zero-order valence-electron chi connectivity index (χ0n) is 12.1. The smallest absolute Gasteiger partial charge is 0.331 e. The number of rotatable bonds is 7. The van der Waals surface area contributed by atoms with Crippen molar-refractivity contribution in [2.24, 2.45) is 0 Å². The summed E-state index contributed by atoms with van der Waals surface area (Å²) in [5, 5.41) is 20.7. The van der Waals surface area contributed by atoms with E-state index in [0.717, 1.165) is 5.75 Å². The molecule has 1 atom stereocenters. The van der Waals surface area contributed by atoms with Crippen molar-refractivity contribution in [1.82, 2.24) is 20.2 Å². The molecule has 2 aromatic rings. The molecule has 0 amide bonds. The van der Waals surface area contributed by atoms with Gasteiger partial charge in [-0.15, -0.1) is 5.10 Å². The Morgan fingerprint density at radius 1 is 1.38 bits per heavy atom. The van der Waals surface area contributed by atoms with E-state index in [-0.39, 0.29) is 0 Å². The molecule has 0 aliphatic carbocycles. The Morgan fingerprint density at radius 3 is 2.71 bits per heavy atom. The summed E-state index contributed by atoms with van der Waals surface area (Å²) in [6, 6.07) is 9.40. The molecule has 0 saturated carbocycles. The lowest BCUT2D eigenvalue weighted by Crippen LogP contribution is -2.40. The molecule has 112 valence electrons. The van der Waals surface area contributed by atoms with Crippen molar-refractivity contribution in [2.45, 2.75) is 32.2 Å². The third kappa shape index (κ3) is 3.18. The van der Waals surface area contributed by atoms with Crippen molar-refractivity contribution < 1.29 is 14.6 Å². The van der Waals surface area contributed by atoms with Gasteiger partial charge in [0, 0.05) is 6.42 Å². The number of carboxylic acids is 1. The Hall–Kier alpha value is -2.44. The fourth-order valence-corrected chi connectivity index (χ4v) is 1.91. The van der Waals surface area contributed by atoms with Crippen LogP contribution in [0.4, 0.5) is 0 Å². The molecule has 7 nitrogen and oxygen atoms in total. The number of benzene rings is 1. The number of aliphatic carboxylic acids is 1. The Balaban J connectivity index is 2.05. The molecule has 0 radical (unpaired) electrons. The highest BCUT2D eigenvalue weighted by molar-refractivity contribution is 5.76. The van der Waals surface area contributed by atoms with Crippen molar-refractivity contribution in [1.29, 1.82) is 0 Å². The molecule has 0 fully saturated rings. The lowest BCUT2D eigenvalue weighted by atomic mass is 9.99. The summed E-state index contributed by atoms with van der Waals surface area (Å²) in [4.78, 5) is 11.5. The Bertz CT molecular complexity index is 599. The Kier molecular flexibility index (Phi) is 4.52. The zero-order valence-corrected chi connectivity index (χ0v) is 12.1. The van der Waals surface area contributed by atoms with Crippen LogP contribution in [0, 0.1) is 0 Å². The summed E-state index contributed by atoms with van der Waals surface area (Å²) in [6.07, 6.45) is 0.824. The minimum atomic E-state index is -1.15. The second kappa shape index (κ2) is 6.34. The first-order valence-corrected chi connectivity index (χ1v) is 6.77. The fraction of sp³-hybridized carbons (Fsp3) is 0.429. The molecule has 1 aromatic heterocycles. The maximum atomic E-state index is 11.5. The standard InChI is InChI=1S/C14H18N4O3/c1-3-14(2,13(19)20)18-12(15-16-17-18)9-10-21-11-7-5-4-6-8-11/h4-8H,3,9-10H2,1-2H3,(H,19,20). The first-order chi connectivity index (χ1) is 10.1. The number of hydrogen-bond acceptors (Lipinski definition) is 5. The van der Waals surface area contributed by atoms with E-state index >= 15 is 0 Å². The van der Waals surface area contributed by atoms with Crippen molar-refractivity contribution >= 4 is 5.97 Å². The second-order valence-corrected chi connectivity index (χ2v) is 4.85. The average Bonchev–Trinajstić information content (AvgIpc) is 2.96. The highest BCUT2D eigenvalue weighted by Gasteiger charge is 2.36. The molecule has 0 saturated heterocycles. The summed E-state index contributed by atoms with van der Waals surface area (Å²) in [5.41, 5.74) is -1.15. The minimum absolute atomic E-state index is 0.379. The number of ether oxygens (including phenoxy) is 1. The van der Waals surface area contributed by atoms with Crippen molar-refractivity contribution in [3.8, 4) is 5.75 Å². The van der Waals surface area contributed by atoms with Gasteiger partial charge in [-0.25, -0.2) is 9.48 Å². The van der Waals surface area contributed by atoms with Crippen molar-refractivity contribution in [3.63, 3.8) is 0 Å². The second-order valence-electron chi connectivity index (χ2n) is 4.85. The highest BCUT2D eigenvalue weighted by atomic mass is 16.5. The Morgan fingerprint density at radius 2 is 2.10 bits per heavy atom. The zero-order chi connectivity index (χ0) is 15.3. The molecule has 1 unspecified atom stereocenters. The molecular formula is C14H18N4O3. The van der Waals surface area contributed by atoms with E-state index in [4.69, 9.17) is 4.74 Å². The maximum Gasteiger partial charge on any atom is 0.331 e. The van der Waals surface area contributed by atoms with Crippen LogP contribution >= 0.6 is 0 Å². The van der Waals surface area contributed by atoms with Crippen LogP contribution in [0.15, 0.2) is 30.3 Å². The summed E-state index contributed by atoms with van der Waals surface area (Å²) in [6.45, 7) is 3.77. The van der Waals surface area contributed by atoms with Gasteiger partial charge in [-0.3, -0.25) is 0 Å². The number of hydrogen-bond donors (Lipinski definition) is 1. The number of nitrogens with zero attached hydrogens (tertiary/aromatic N) is 4. The SMILES string of the molecule is CCC(C)(C(=O)O)n1nnnc1CCOc1ccccc1. The van der Waals surface area contributed by atoms with Gasteiger partial charge in [-0.05, 0) is 35.9 Å². The van der Waals surface area contributed by atoms with Gasteiger partial charge in [0.05, 0.1) is 6.61 Å². The normalized spacial score (nSPS) is 13.6. The van der Waals surface area contributed by atoms with Gasteiger partial charge in [0.2, 0.25) is 0 Å². The minimum Gasteiger partial charge on any atom is -0.493 e. The molecule has 0 aliphatic heterocycles. The number of para-hydroxylation sites is 1. The van der Waals surface area contributed by atoms with Gasteiger partial charge in [-0.2, -0.15) is 0 Å². The molecule has 1 N–H and O–H groups in total. The predicted octanol–water partition coefficient (Wildman–Crippen LogP) is 1.50. The molecule has 2 rings (SSSR count). The van der Waals surface area contributed by atoms with Gasteiger partial charge < -0.3 is 9.84 Å². The van der Waals surface area contributed by atoms with Gasteiger partial charge in [0.25, 0.3) is 0 Å². The summed E-state index contributed by atoms with van der Waals surface area (Å²) in [5.74, 6) is 0.299. The lowest BCUT2D eigenvalue weighted by Gasteiger charge is -2.23. The first kappa shape index (κ1) is 15.0. The topological polar surface area (TPSA) is 90.1 Å². The largest absolute Gasteiger partial charge is 0.493 e. The summed E-state index contributed by atoms with van der Waals surface area (Å²) < 4.78 is 6.95. The quantitative estimate of drug-likeness (QED) is 0.831. The molecule has 0 bridgehead atoms. The van der Waals surface area contributed by atoms with Crippen molar-refractivity contribution in [3.05, 3.63) is 36.2 Å². The predicted molar refractivity (Wildman–Crippen MR) is 75.0 cm³/mol. The monoisotopic (exact) mass is 290 g/mol. The van der Waals surface area contributed by atoms with Crippen LogP contribution in [-0.4, -0.2) is 37.9 Å². The van der Waals surface area contributed by atoms with Crippen LogP contribution in [-0.2, 0) is 16.8 Å². The van der Waals surface area contributed by atoms with E-state index in [1.165, 1.54) is 4.68 Å². The van der Waals surface area contributed by atoms with Gasteiger partial charge in [0.1, 0.15) is 5.75 Å². The fourth-order valence-electron chi connectivity index (χ4n) is 1.91. The van der Waals surface area contributed by atoms with Crippen LogP contribution in [0.3, 0.4) is 0 Å². The highest BCUT2D eigenvalue weighted by Crippen LogP contribution is 2.21. The molecule has 7 heteroatoms. The molecule has 0 spiro atoms. The molecule has 21 heavy (non-hydrogen) atoms. The molecule has 1 heterocycles. The van der Waals surface area contributed by atoms with Crippen LogP contribution in [0.2, 0.25) is 0 Å². The van der Waals surface area contributed by atoms with Crippen LogP contribution in [0.25, 0.3) is 0 Å². The van der Waals surface area contributed by atoms with Crippen molar-refractivity contribution in [2.75, 3.05) is 6.61 Å². The third-order valence-corrected chi connectivity index (χ3v) is 3.49. The number of carboxylic acid groups (broad SMARTS) is 1. The van der Waals surface area contributed by atoms with Crippen LogP contribution in [0.1, 0.15) is 26.1 Å². The number of aromatic nitrogens is 4. The number of carbonyl (C=O) groups is 1. The third-order valence-electron chi connectivity index (χ3n) is 3.49. The van der Waals surface area contributed by atoms with E-state index in [1.807, 2.05) is 30.3 Å². The van der Waals surface area contributed by atoms with E-state index in [1.54, 1.807) is 13.8 Å². The van der Waals surface area contributed by atoms with Crippen LogP contribution < -0.4 is 4.74 Å². The van der Waals surface area contributed by atoms with Gasteiger partial charge in [-0.1, -0.05) is 25.1 Å². The maximum absolute atomic E-state index is 11.5. The van der Waals surface area contributed by atoms with Gasteiger partial charge >= 0.3 is 5.97 Å². The molecule has 0 aliphatic rings. The van der Waals surface area contributed by atoms with E-state index in [9.17, 15) is 9.90 Å². The lowest BCUT2D eigenvalue weighted by molar-refractivity contribution is -0.147. The summed E-state index contributed by atoms with van der Waals surface area (Å²) >= 11 is 0. The Labute approximate surface area is 122 Å². The molecular weight excluding hydrogens is 272 g/mol. The van der Waals surface area contributed by atoms with E-state index in [2.05, 4.69) is 15.5 Å². The van der Waals surface area contributed by atoms with E-state index < -0.39 is 11.5 Å².